The van der Waals surface area contributed by atoms with Gasteiger partial charge in [-0.2, -0.15) is 0 Å². The maximum atomic E-state index is 12.3. The SMILES string of the molecule is CCC(=O)c1ccccc1N1CCC([C@H](O)C[C@H]2c3ccccc3-c3cncn32)CC1. The summed E-state index contributed by atoms with van der Waals surface area (Å²) in [4.78, 5) is 19.0. The molecule has 0 spiro atoms. The zero-order chi connectivity index (χ0) is 21.4. The molecular weight excluding hydrogens is 386 g/mol. The fourth-order valence-electron chi connectivity index (χ4n) is 5.29. The van der Waals surface area contributed by atoms with Crippen LogP contribution >= 0.6 is 0 Å². The van der Waals surface area contributed by atoms with Crippen LogP contribution in [0.3, 0.4) is 0 Å². The normalized spacial score (nSPS) is 19.2. The predicted octanol–water partition coefficient (Wildman–Crippen LogP) is 4.71. The minimum atomic E-state index is -0.360. The van der Waals surface area contributed by atoms with Crippen LogP contribution < -0.4 is 4.90 Å². The summed E-state index contributed by atoms with van der Waals surface area (Å²) in [7, 11) is 0. The third-order valence-electron chi connectivity index (χ3n) is 7.01. The van der Waals surface area contributed by atoms with Crippen LogP contribution in [0.1, 0.15) is 54.6 Å². The molecule has 5 nitrogen and oxygen atoms in total. The first-order valence-electron chi connectivity index (χ1n) is 11.3. The molecule has 0 saturated carbocycles. The Labute approximate surface area is 183 Å². The summed E-state index contributed by atoms with van der Waals surface area (Å²) in [6.07, 6.45) is 6.53. The van der Waals surface area contributed by atoms with Crippen molar-refractivity contribution in [1.82, 2.24) is 9.55 Å². The van der Waals surface area contributed by atoms with Gasteiger partial charge in [0.15, 0.2) is 5.78 Å². The number of piperidine rings is 1. The van der Waals surface area contributed by atoms with Crippen LogP contribution in [0.5, 0.6) is 0 Å². The smallest absolute Gasteiger partial charge is 0.164 e. The number of hydrogen-bond acceptors (Lipinski definition) is 4. The molecule has 2 aliphatic rings. The first kappa shape index (κ1) is 20.0. The van der Waals surface area contributed by atoms with Gasteiger partial charge in [0.1, 0.15) is 0 Å². The summed E-state index contributed by atoms with van der Waals surface area (Å²) in [5.74, 6) is 0.457. The number of hydrogen-bond donors (Lipinski definition) is 1. The van der Waals surface area contributed by atoms with Crippen molar-refractivity contribution in [3.8, 4) is 11.3 Å². The number of fused-ring (bicyclic) bond motifs is 3. The summed E-state index contributed by atoms with van der Waals surface area (Å²) in [6, 6.07) is 16.5. The maximum absolute atomic E-state index is 12.3. The number of rotatable bonds is 6. The van der Waals surface area contributed by atoms with E-state index in [1.54, 1.807) is 0 Å². The number of para-hydroxylation sites is 1. The molecule has 160 valence electrons. The fourth-order valence-corrected chi connectivity index (χ4v) is 5.29. The molecule has 0 aliphatic carbocycles. The number of anilines is 1. The number of Topliss-reactive ketones (excluding diaryl/α,β-unsaturated/α-hetero) is 1. The lowest BCUT2D eigenvalue weighted by atomic mass is 9.86. The van der Waals surface area contributed by atoms with Crippen LogP contribution in [0.4, 0.5) is 5.69 Å². The largest absolute Gasteiger partial charge is 0.393 e. The highest BCUT2D eigenvalue weighted by Gasteiger charge is 2.33. The topological polar surface area (TPSA) is 58.4 Å². The summed E-state index contributed by atoms with van der Waals surface area (Å²) in [6.45, 7) is 3.65. The van der Waals surface area contributed by atoms with Gasteiger partial charge < -0.3 is 14.6 Å². The van der Waals surface area contributed by atoms with E-state index in [2.05, 4.69) is 44.8 Å². The van der Waals surface area contributed by atoms with E-state index >= 15 is 0 Å². The summed E-state index contributed by atoms with van der Waals surface area (Å²) in [5.41, 5.74) is 5.50. The third-order valence-corrected chi connectivity index (χ3v) is 7.01. The van der Waals surface area contributed by atoms with Crippen molar-refractivity contribution >= 4 is 11.5 Å². The van der Waals surface area contributed by atoms with Crippen molar-refractivity contribution in [1.29, 1.82) is 0 Å². The number of carbonyl (C=O) groups excluding carboxylic acids is 1. The molecule has 1 aromatic heterocycles. The van der Waals surface area contributed by atoms with Crippen molar-refractivity contribution in [3.05, 3.63) is 72.2 Å². The molecule has 0 radical (unpaired) electrons. The lowest BCUT2D eigenvalue weighted by Crippen LogP contribution is -2.39. The van der Waals surface area contributed by atoms with Gasteiger partial charge in [-0.25, -0.2) is 4.98 Å². The number of aliphatic hydroxyl groups excluding tert-OH is 1. The Hall–Kier alpha value is -2.92. The van der Waals surface area contributed by atoms with Crippen LogP contribution in [0.25, 0.3) is 11.3 Å². The molecule has 31 heavy (non-hydrogen) atoms. The molecule has 5 heteroatoms. The lowest BCUT2D eigenvalue weighted by Gasteiger charge is -2.37. The highest BCUT2D eigenvalue weighted by atomic mass is 16.3. The number of carbonyl (C=O) groups is 1. The van der Waals surface area contributed by atoms with Gasteiger partial charge in [-0.3, -0.25) is 4.79 Å². The van der Waals surface area contributed by atoms with E-state index in [0.29, 0.717) is 12.8 Å². The summed E-state index contributed by atoms with van der Waals surface area (Å²) < 4.78 is 2.20. The van der Waals surface area contributed by atoms with E-state index in [-0.39, 0.29) is 23.8 Å². The highest BCUT2D eigenvalue weighted by molar-refractivity contribution is 6.01. The Bertz CT molecular complexity index is 1080. The first-order valence-corrected chi connectivity index (χ1v) is 11.3. The molecule has 0 amide bonds. The number of ketones is 1. The van der Waals surface area contributed by atoms with Gasteiger partial charge in [-0.05, 0) is 42.9 Å². The third kappa shape index (κ3) is 3.57. The first-order chi connectivity index (χ1) is 15.2. The van der Waals surface area contributed by atoms with Gasteiger partial charge >= 0.3 is 0 Å². The van der Waals surface area contributed by atoms with E-state index < -0.39 is 0 Å². The van der Waals surface area contributed by atoms with E-state index in [9.17, 15) is 9.90 Å². The number of aromatic nitrogens is 2. The molecule has 1 N–H and O–H groups in total. The molecule has 0 unspecified atom stereocenters. The number of benzene rings is 2. The van der Waals surface area contributed by atoms with E-state index in [0.717, 1.165) is 42.9 Å². The monoisotopic (exact) mass is 415 g/mol. The number of imidazole rings is 1. The Morgan fingerprint density at radius 2 is 1.87 bits per heavy atom. The van der Waals surface area contributed by atoms with Gasteiger partial charge in [0.05, 0.1) is 30.4 Å². The zero-order valence-electron chi connectivity index (χ0n) is 17.9. The van der Waals surface area contributed by atoms with Crippen molar-refractivity contribution in [2.24, 2.45) is 5.92 Å². The molecule has 2 aliphatic heterocycles. The maximum Gasteiger partial charge on any atom is 0.164 e. The van der Waals surface area contributed by atoms with Crippen molar-refractivity contribution in [3.63, 3.8) is 0 Å². The molecule has 2 atom stereocenters. The molecule has 1 fully saturated rings. The van der Waals surface area contributed by atoms with Crippen LogP contribution in [-0.4, -0.2) is 39.6 Å². The van der Waals surface area contributed by atoms with Crippen LogP contribution in [0.2, 0.25) is 0 Å². The Balaban J connectivity index is 1.27. The predicted molar refractivity (Wildman–Crippen MR) is 122 cm³/mol. The highest BCUT2D eigenvalue weighted by Crippen LogP contribution is 2.42. The quantitative estimate of drug-likeness (QED) is 0.592. The minimum Gasteiger partial charge on any atom is -0.393 e. The molecular formula is C26H29N3O2. The van der Waals surface area contributed by atoms with Gasteiger partial charge in [-0.15, -0.1) is 0 Å². The molecule has 2 aromatic carbocycles. The average Bonchev–Trinajstić information content (AvgIpc) is 3.41. The van der Waals surface area contributed by atoms with Gasteiger partial charge in [0, 0.05) is 36.3 Å². The van der Waals surface area contributed by atoms with E-state index in [4.69, 9.17) is 0 Å². The molecule has 0 bridgehead atoms. The fraction of sp³-hybridized carbons (Fsp3) is 0.385. The van der Waals surface area contributed by atoms with Gasteiger partial charge in [0.2, 0.25) is 0 Å². The zero-order valence-corrected chi connectivity index (χ0v) is 17.9. The van der Waals surface area contributed by atoms with Gasteiger partial charge in [0.25, 0.3) is 0 Å². The summed E-state index contributed by atoms with van der Waals surface area (Å²) in [5, 5.41) is 11.2. The number of nitrogens with zero attached hydrogens (tertiary/aromatic N) is 3. The van der Waals surface area contributed by atoms with Crippen molar-refractivity contribution in [2.75, 3.05) is 18.0 Å². The lowest BCUT2D eigenvalue weighted by molar-refractivity contribution is 0.0756. The molecule has 3 heterocycles. The molecule has 3 aromatic rings. The van der Waals surface area contributed by atoms with Crippen LogP contribution in [0.15, 0.2) is 61.1 Å². The Kier molecular flexibility index (Phi) is 5.36. The van der Waals surface area contributed by atoms with Crippen LogP contribution in [0, 0.1) is 5.92 Å². The summed E-state index contributed by atoms with van der Waals surface area (Å²) >= 11 is 0. The van der Waals surface area contributed by atoms with Gasteiger partial charge in [-0.1, -0.05) is 43.3 Å². The average molecular weight is 416 g/mol. The number of aliphatic hydroxyl groups is 1. The Morgan fingerprint density at radius 1 is 1.13 bits per heavy atom. The Morgan fingerprint density at radius 3 is 2.68 bits per heavy atom. The van der Waals surface area contributed by atoms with E-state index in [1.165, 1.54) is 11.1 Å². The minimum absolute atomic E-state index is 0.143. The molecule has 1 saturated heterocycles. The second kappa shape index (κ2) is 8.31. The molecule has 5 rings (SSSR count). The standard InChI is InChI=1S/C26H29N3O2/c1-2-25(30)21-9-5-6-10-22(21)28-13-11-18(12-14-28)26(31)15-23-19-7-3-4-8-20(19)24-16-27-17-29(23)24/h3-10,16-18,23,26,31H,2,11-15H2,1H3/t23-,26+/m0/s1. The van der Waals surface area contributed by atoms with Crippen LogP contribution in [-0.2, 0) is 0 Å². The van der Waals surface area contributed by atoms with E-state index in [1.807, 2.05) is 37.6 Å². The van der Waals surface area contributed by atoms with Crippen molar-refractivity contribution < 1.29 is 9.90 Å². The second-order valence-electron chi connectivity index (χ2n) is 8.71. The second-order valence-corrected chi connectivity index (χ2v) is 8.71. The van der Waals surface area contributed by atoms with Crippen molar-refractivity contribution in [2.45, 2.75) is 44.8 Å².